The van der Waals surface area contributed by atoms with Gasteiger partial charge in [0.25, 0.3) is 0 Å². The molecule has 0 N–H and O–H groups in total. The number of halogens is 1. The second kappa shape index (κ2) is 12.8. The van der Waals surface area contributed by atoms with E-state index in [1.54, 1.807) is 0 Å². The van der Waals surface area contributed by atoms with Gasteiger partial charge in [0.1, 0.15) is 23.1 Å². The molecule has 190 valence electrons. The van der Waals surface area contributed by atoms with Crippen LogP contribution < -0.4 is 9.47 Å². The number of unbranched alkanes of at least 4 members (excludes halogenated alkanes) is 1. The number of benzene rings is 3. The predicted octanol–water partition coefficient (Wildman–Crippen LogP) is 8.06. The van der Waals surface area contributed by atoms with Crippen molar-refractivity contribution in [1.29, 1.82) is 0 Å². The van der Waals surface area contributed by atoms with Gasteiger partial charge >= 0.3 is 0 Å². The number of imidazole rings is 1. The Bertz CT molecular complexity index is 1250. The molecule has 1 heterocycles. The van der Waals surface area contributed by atoms with Gasteiger partial charge in [-0.3, -0.25) is 0 Å². The van der Waals surface area contributed by atoms with Gasteiger partial charge in [0, 0.05) is 29.7 Å². The summed E-state index contributed by atoms with van der Waals surface area (Å²) in [6.45, 7) is 11.4. The fourth-order valence-electron chi connectivity index (χ4n) is 4.31. The smallest absolute Gasteiger partial charge is 0.141 e. The molecular formula is C30H36ClN3O2. The van der Waals surface area contributed by atoms with Crippen molar-refractivity contribution in [3.05, 3.63) is 71.8 Å². The summed E-state index contributed by atoms with van der Waals surface area (Å²) in [5, 5.41) is 0.688. The molecule has 0 unspecified atom stereocenters. The average Bonchev–Trinajstić information content (AvgIpc) is 3.27. The Morgan fingerprint density at radius 1 is 0.861 bits per heavy atom. The van der Waals surface area contributed by atoms with Crippen LogP contribution in [0.2, 0.25) is 5.02 Å². The van der Waals surface area contributed by atoms with Crippen molar-refractivity contribution < 1.29 is 9.47 Å². The van der Waals surface area contributed by atoms with Gasteiger partial charge in [-0.15, -0.1) is 0 Å². The molecule has 0 fully saturated rings. The van der Waals surface area contributed by atoms with Crippen molar-refractivity contribution in [3.8, 4) is 28.6 Å². The van der Waals surface area contributed by atoms with Crippen molar-refractivity contribution in [2.24, 2.45) is 0 Å². The fourth-order valence-corrected chi connectivity index (χ4v) is 4.44. The monoisotopic (exact) mass is 505 g/mol. The van der Waals surface area contributed by atoms with Gasteiger partial charge in [0.15, 0.2) is 0 Å². The van der Waals surface area contributed by atoms with E-state index in [-0.39, 0.29) is 0 Å². The summed E-state index contributed by atoms with van der Waals surface area (Å²) >= 11 is 6.01. The maximum absolute atomic E-state index is 6.12. The van der Waals surface area contributed by atoms with E-state index in [1.807, 2.05) is 48.5 Å². The normalized spacial score (nSPS) is 11.4. The molecule has 1 aromatic heterocycles. The van der Waals surface area contributed by atoms with Gasteiger partial charge in [-0.1, -0.05) is 50.9 Å². The van der Waals surface area contributed by atoms with Gasteiger partial charge in [-0.2, -0.15) is 0 Å². The molecule has 0 saturated heterocycles. The van der Waals surface area contributed by atoms with Gasteiger partial charge in [-0.25, -0.2) is 4.98 Å². The van der Waals surface area contributed by atoms with Crippen molar-refractivity contribution in [1.82, 2.24) is 14.5 Å². The van der Waals surface area contributed by atoms with Crippen molar-refractivity contribution in [3.63, 3.8) is 0 Å². The third-order valence-electron chi connectivity index (χ3n) is 6.38. The fraction of sp³-hybridized carbons (Fsp3) is 0.367. The van der Waals surface area contributed by atoms with E-state index < -0.39 is 0 Å². The zero-order valence-corrected chi connectivity index (χ0v) is 22.3. The summed E-state index contributed by atoms with van der Waals surface area (Å²) in [6.07, 6.45) is 3.20. The average molecular weight is 506 g/mol. The molecule has 0 bridgehead atoms. The molecule has 0 aliphatic carbocycles. The molecule has 4 rings (SSSR count). The molecule has 0 radical (unpaired) electrons. The third-order valence-corrected chi connectivity index (χ3v) is 6.63. The quantitative estimate of drug-likeness (QED) is 0.172. The predicted molar refractivity (Wildman–Crippen MR) is 150 cm³/mol. The zero-order valence-electron chi connectivity index (χ0n) is 21.5. The van der Waals surface area contributed by atoms with Crippen LogP contribution in [0.3, 0.4) is 0 Å². The highest BCUT2D eigenvalue weighted by Gasteiger charge is 2.14. The van der Waals surface area contributed by atoms with Crippen LogP contribution in [-0.2, 0) is 6.54 Å². The maximum atomic E-state index is 6.12. The first-order valence-electron chi connectivity index (χ1n) is 13.0. The van der Waals surface area contributed by atoms with Crippen LogP contribution in [0.4, 0.5) is 0 Å². The topological polar surface area (TPSA) is 39.5 Å². The lowest BCUT2D eigenvalue weighted by atomic mass is 10.2. The number of fused-ring (bicyclic) bond motifs is 1. The molecule has 5 nitrogen and oxygen atoms in total. The molecular weight excluding hydrogens is 470 g/mol. The Morgan fingerprint density at radius 3 is 2.39 bits per heavy atom. The number of nitrogens with zero attached hydrogens (tertiary/aromatic N) is 3. The first-order chi connectivity index (χ1) is 17.6. The Hall–Kier alpha value is -3.02. The molecule has 0 atom stereocenters. The lowest BCUT2D eigenvalue weighted by Gasteiger charge is -2.17. The molecule has 36 heavy (non-hydrogen) atoms. The molecule has 4 aromatic rings. The minimum absolute atomic E-state index is 0.688. The van der Waals surface area contributed by atoms with Crippen molar-refractivity contribution in [2.75, 3.05) is 26.2 Å². The standard InChI is InChI=1S/C30H36ClN3O2/c1-4-7-19-34-29-22-26(35-20-9-18-33(5-2)6-3)16-17-28(29)32-30(34)23-10-8-11-27(21-23)36-25-14-12-24(31)13-15-25/h8,10-17,21-22H,4-7,9,18-20H2,1-3H3. The van der Waals surface area contributed by atoms with E-state index in [4.69, 9.17) is 26.1 Å². The Labute approximate surface area is 219 Å². The van der Waals surface area contributed by atoms with Crippen LogP contribution in [0.25, 0.3) is 22.4 Å². The summed E-state index contributed by atoms with van der Waals surface area (Å²) in [4.78, 5) is 7.43. The minimum atomic E-state index is 0.688. The third kappa shape index (κ3) is 6.59. The summed E-state index contributed by atoms with van der Waals surface area (Å²) in [5.41, 5.74) is 3.10. The highest BCUT2D eigenvalue weighted by Crippen LogP contribution is 2.31. The summed E-state index contributed by atoms with van der Waals surface area (Å²) < 4.78 is 14.5. The van der Waals surface area contributed by atoms with E-state index in [0.717, 1.165) is 85.1 Å². The summed E-state index contributed by atoms with van der Waals surface area (Å²) in [7, 11) is 0. The number of hydrogen-bond acceptors (Lipinski definition) is 4. The summed E-state index contributed by atoms with van der Waals surface area (Å²) in [6, 6.07) is 21.7. The molecule has 0 saturated carbocycles. The second-order valence-electron chi connectivity index (χ2n) is 8.90. The molecule has 0 amide bonds. The van der Waals surface area contributed by atoms with E-state index >= 15 is 0 Å². The lowest BCUT2D eigenvalue weighted by molar-refractivity contribution is 0.249. The van der Waals surface area contributed by atoms with Crippen LogP contribution >= 0.6 is 11.6 Å². The molecule has 0 spiro atoms. The number of hydrogen-bond donors (Lipinski definition) is 0. The Morgan fingerprint density at radius 2 is 1.64 bits per heavy atom. The highest BCUT2D eigenvalue weighted by molar-refractivity contribution is 6.30. The first-order valence-corrected chi connectivity index (χ1v) is 13.4. The molecule has 0 aliphatic heterocycles. The minimum Gasteiger partial charge on any atom is -0.493 e. The van der Waals surface area contributed by atoms with Gasteiger partial charge in [0.05, 0.1) is 17.6 Å². The van der Waals surface area contributed by atoms with Crippen LogP contribution in [0.1, 0.15) is 40.0 Å². The largest absolute Gasteiger partial charge is 0.493 e. The zero-order chi connectivity index (χ0) is 25.3. The van der Waals surface area contributed by atoms with E-state index in [1.165, 1.54) is 0 Å². The number of aromatic nitrogens is 2. The van der Waals surface area contributed by atoms with Gasteiger partial charge in [-0.05, 0) is 74.5 Å². The number of ether oxygens (including phenoxy) is 2. The maximum Gasteiger partial charge on any atom is 0.141 e. The van der Waals surface area contributed by atoms with E-state index in [9.17, 15) is 0 Å². The van der Waals surface area contributed by atoms with Crippen LogP contribution in [-0.4, -0.2) is 40.7 Å². The molecule has 3 aromatic carbocycles. The number of aryl methyl sites for hydroxylation is 1. The second-order valence-corrected chi connectivity index (χ2v) is 9.34. The van der Waals surface area contributed by atoms with E-state index in [0.29, 0.717) is 11.6 Å². The molecule has 6 heteroatoms. The Kier molecular flexibility index (Phi) is 9.26. The Balaban J connectivity index is 1.57. The van der Waals surface area contributed by atoms with Crippen molar-refractivity contribution in [2.45, 2.75) is 46.6 Å². The first kappa shape index (κ1) is 26.1. The van der Waals surface area contributed by atoms with Gasteiger partial charge in [0.2, 0.25) is 0 Å². The summed E-state index contributed by atoms with van der Waals surface area (Å²) in [5.74, 6) is 3.35. The van der Waals surface area contributed by atoms with Crippen LogP contribution in [0.5, 0.6) is 17.2 Å². The van der Waals surface area contributed by atoms with Crippen LogP contribution in [0.15, 0.2) is 66.7 Å². The molecule has 0 aliphatic rings. The SMILES string of the molecule is CCCCn1c(-c2cccc(Oc3ccc(Cl)cc3)c2)nc2ccc(OCCCN(CC)CC)cc21. The van der Waals surface area contributed by atoms with Gasteiger partial charge < -0.3 is 18.9 Å². The lowest BCUT2D eigenvalue weighted by Crippen LogP contribution is -2.25. The number of rotatable bonds is 13. The highest BCUT2D eigenvalue weighted by atomic mass is 35.5. The van der Waals surface area contributed by atoms with E-state index in [2.05, 4.69) is 48.4 Å². The van der Waals surface area contributed by atoms with Crippen molar-refractivity contribution >= 4 is 22.6 Å². The van der Waals surface area contributed by atoms with Crippen LogP contribution in [0, 0.1) is 0 Å².